The molecular weight excluding hydrogens is 280 g/mol. The van der Waals surface area contributed by atoms with Gasteiger partial charge in [0.15, 0.2) is 0 Å². The van der Waals surface area contributed by atoms with E-state index in [0.29, 0.717) is 13.0 Å². The predicted octanol–water partition coefficient (Wildman–Crippen LogP) is 1.55. The Morgan fingerprint density at radius 1 is 1.32 bits per heavy atom. The Balaban J connectivity index is 1.78. The van der Waals surface area contributed by atoms with Crippen molar-refractivity contribution in [2.75, 3.05) is 13.1 Å². The summed E-state index contributed by atoms with van der Waals surface area (Å²) >= 11 is 0. The third-order valence-corrected chi connectivity index (χ3v) is 4.72. The molecule has 0 aromatic carbocycles. The second-order valence-electron chi connectivity index (χ2n) is 6.46. The van der Waals surface area contributed by atoms with Crippen molar-refractivity contribution in [2.45, 2.75) is 44.8 Å². The lowest BCUT2D eigenvalue weighted by atomic mass is 9.98. The maximum absolute atomic E-state index is 12.7. The van der Waals surface area contributed by atoms with E-state index < -0.39 is 5.54 Å². The van der Waals surface area contributed by atoms with E-state index >= 15 is 0 Å². The first-order valence-electron chi connectivity index (χ1n) is 7.74. The van der Waals surface area contributed by atoms with Crippen molar-refractivity contribution in [1.82, 2.24) is 20.1 Å². The number of urea groups is 1. The highest BCUT2D eigenvalue weighted by atomic mass is 16.2. The largest absolute Gasteiger partial charge is 0.325 e. The Labute approximate surface area is 130 Å². The van der Waals surface area contributed by atoms with Crippen LogP contribution >= 0.6 is 0 Å². The van der Waals surface area contributed by atoms with Crippen molar-refractivity contribution in [3.8, 4) is 0 Å². The van der Waals surface area contributed by atoms with Gasteiger partial charge in [-0.25, -0.2) is 4.79 Å². The monoisotopic (exact) mass is 302 g/mol. The van der Waals surface area contributed by atoms with Gasteiger partial charge in [0.25, 0.3) is 5.91 Å². The molecule has 0 saturated carbocycles. The lowest BCUT2D eigenvalue weighted by molar-refractivity contribution is -0.132. The fraction of sp³-hybridized carbons (Fsp3) is 0.562. The van der Waals surface area contributed by atoms with Crippen LogP contribution in [0.5, 0.6) is 0 Å². The molecular formula is C16H22N4O2. The number of nitrogens with one attached hydrogen (secondary N) is 1. The second-order valence-corrected chi connectivity index (χ2v) is 6.46. The first-order chi connectivity index (χ1) is 10.4. The quantitative estimate of drug-likeness (QED) is 0.860. The topological polar surface area (TPSA) is 65.5 Å². The molecule has 2 fully saturated rings. The van der Waals surface area contributed by atoms with Gasteiger partial charge in [-0.2, -0.15) is 0 Å². The molecule has 1 spiro atoms. The predicted molar refractivity (Wildman–Crippen MR) is 82.1 cm³/mol. The summed E-state index contributed by atoms with van der Waals surface area (Å²) in [5.41, 5.74) is 0.370. The standard InChI is InChI=1S/C16H22N4O2/c1-11(2)20-14(21)16(18-15(20)22)6-8-19(10-16)12(3)13-5-4-7-17-9-13/h4-5,7,9,11-12H,6,8,10H2,1-3H3,(H,18,22)/t12-,16-/m0/s1. The van der Waals surface area contributed by atoms with Gasteiger partial charge in [0.05, 0.1) is 0 Å². The number of carbonyl (C=O) groups is 2. The lowest BCUT2D eigenvalue weighted by Crippen LogP contribution is -2.49. The van der Waals surface area contributed by atoms with Crippen LogP contribution in [-0.4, -0.2) is 51.4 Å². The maximum atomic E-state index is 12.7. The van der Waals surface area contributed by atoms with Crippen LogP contribution in [0.1, 0.15) is 38.8 Å². The molecule has 0 bridgehead atoms. The smallest absolute Gasteiger partial charge is 0.322 e. The van der Waals surface area contributed by atoms with E-state index in [1.807, 2.05) is 32.2 Å². The number of rotatable bonds is 3. The van der Waals surface area contributed by atoms with Crippen LogP contribution in [0, 0.1) is 0 Å². The molecule has 0 radical (unpaired) electrons. The van der Waals surface area contributed by atoms with E-state index in [1.54, 1.807) is 6.20 Å². The van der Waals surface area contributed by atoms with Gasteiger partial charge in [-0.1, -0.05) is 6.07 Å². The van der Waals surface area contributed by atoms with Gasteiger partial charge in [-0.3, -0.25) is 19.6 Å². The van der Waals surface area contributed by atoms with Crippen molar-refractivity contribution in [3.05, 3.63) is 30.1 Å². The van der Waals surface area contributed by atoms with Gasteiger partial charge in [0.1, 0.15) is 5.54 Å². The Morgan fingerprint density at radius 3 is 2.68 bits per heavy atom. The van der Waals surface area contributed by atoms with Crippen LogP contribution in [-0.2, 0) is 4.79 Å². The molecule has 1 aromatic rings. The van der Waals surface area contributed by atoms with Gasteiger partial charge in [-0.05, 0) is 38.8 Å². The molecule has 3 heterocycles. The number of hydrogen-bond donors (Lipinski definition) is 1. The summed E-state index contributed by atoms with van der Waals surface area (Å²) in [7, 11) is 0. The number of amides is 3. The Kier molecular flexibility index (Phi) is 3.64. The van der Waals surface area contributed by atoms with E-state index in [2.05, 4.69) is 22.1 Å². The first-order valence-corrected chi connectivity index (χ1v) is 7.74. The molecule has 3 rings (SSSR count). The van der Waals surface area contributed by atoms with E-state index in [4.69, 9.17) is 0 Å². The average molecular weight is 302 g/mol. The fourth-order valence-corrected chi connectivity index (χ4v) is 3.39. The molecule has 0 unspecified atom stereocenters. The minimum Gasteiger partial charge on any atom is -0.322 e. The average Bonchev–Trinajstić information content (AvgIpc) is 3.02. The summed E-state index contributed by atoms with van der Waals surface area (Å²) < 4.78 is 0. The summed E-state index contributed by atoms with van der Waals surface area (Å²) in [6, 6.07) is 3.75. The summed E-state index contributed by atoms with van der Waals surface area (Å²) in [6.07, 6.45) is 4.26. The summed E-state index contributed by atoms with van der Waals surface area (Å²) in [6.45, 7) is 7.17. The van der Waals surface area contributed by atoms with Crippen molar-refractivity contribution in [2.24, 2.45) is 0 Å². The van der Waals surface area contributed by atoms with Crippen LogP contribution in [0.15, 0.2) is 24.5 Å². The van der Waals surface area contributed by atoms with Crippen LogP contribution in [0.25, 0.3) is 0 Å². The van der Waals surface area contributed by atoms with Gasteiger partial charge < -0.3 is 5.32 Å². The summed E-state index contributed by atoms with van der Waals surface area (Å²) in [5, 5.41) is 2.93. The molecule has 2 saturated heterocycles. The third-order valence-electron chi connectivity index (χ3n) is 4.72. The Morgan fingerprint density at radius 2 is 2.09 bits per heavy atom. The number of pyridine rings is 1. The zero-order chi connectivity index (χ0) is 15.9. The molecule has 6 nitrogen and oxygen atoms in total. The Hall–Kier alpha value is -1.95. The number of likely N-dealkylation sites (tertiary alicyclic amines) is 1. The van der Waals surface area contributed by atoms with Gasteiger partial charge in [0.2, 0.25) is 0 Å². The van der Waals surface area contributed by atoms with E-state index in [-0.39, 0.29) is 24.0 Å². The lowest BCUT2D eigenvalue weighted by Gasteiger charge is -2.27. The highest BCUT2D eigenvalue weighted by Crippen LogP contribution is 2.34. The minimum atomic E-state index is -0.752. The second kappa shape index (κ2) is 5.35. The van der Waals surface area contributed by atoms with E-state index in [0.717, 1.165) is 12.1 Å². The minimum absolute atomic E-state index is 0.0895. The van der Waals surface area contributed by atoms with Gasteiger partial charge in [-0.15, -0.1) is 0 Å². The molecule has 2 atom stereocenters. The number of aromatic nitrogens is 1. The molecule has 118 valence electrons. The van der Waals surface area contributed by atoms with Crippen molar-refractivity contribution >= 4 is 11.9 Å². The highest BCUT2D eigenvalue weighted by Gasteiger charge is 2.55. The number of imide groups is 1. The summed E-state index contributed by atoms with van der Waals surface area (Å²) in [5.74, 6) is -0.0895. The van der Waals surface area contributed by atoms with Crippen LogP contribution in [0.2, 0.25) is 0 Å². The highest BCUT2D eigenvalue weighted by molar-refractivity contribution is 6.07. The summed E-state index contributed by atoms with van der Waals surface area (Å²) in [4.78, 5) is 32.5. The zero-order valence-electron chi connectivity index (χ0n) is 13.2. The fourth-order valence-electron chi connectivity index (χ4n) is 3.39. The maximum Gasteiger partial charge on any atom is 0.325 e. The zero-order valence-corrected chi connectivity index (χ0v) is 13.2. The number of hydrogen-bond acceptors (Lipinski definition) is 4. The molecule has 2 aliphatic rings. The van der Waals surface area contributed by atoms with Crippen molar-refractivity contribution in [3.63, 3.8) is 0 Å². The van der Waals surface area contributed by atoms with E-state index in [1.165, 1.54) is 4.90 Å². The normalized spacial score (nSPS) is 27.0. The van der Waals surface area contributed by atoms with Crippen LogP contribution < -0.4 is 5.32 Å². The third kappa shape index (κ3) is 2.27. The molecule has 6 heteroatoms. The van der Waals surface area contributed by atoms with Crippen LogP contribution in [0.3, 0.4) is 0 Å². The van der Waals surface area contributed by atoms with E-state index in [9.17, 15) is 9.59 Å². The number of nitrogens with zero attached hydrogens (tertiary/aromatic N) is 3. The van der Waals surface area contributed by atoms with Crippen molar-refractivity contribution in [1.29, 1.82) is 0 Å². The molecule has 22 heavy (non-hydrogen) atoms. The first kappa shape index (κ1) is 15.0. The van der Waals surface area contributed by atoms with Gasteiger partial charge >= 0.3 is 6.03 Å². The van der Waals surface area contributed by atoms with Crippen LogP contribution in [0.4, 0.5) is 4.79 Å². The molecule has 3 amide bonds. The number of carbonyl (C=O) groups excluding carboxylic acids is 2. The molecule has 0 aliphatic carbocycles. The molecule has 1 N–H and O–H groups in total. The van der Waals surface area contributed by atoms with Gasteiger partial charge in [0, 0.05) is 37.6 Å². The van der Waals surface area contributed by atoms with Crippen molar-refractivity contribution < 1.29 is 9.59 Å². The SMILES string of the molecule is CC(C)N1C(=O)N[C@]2(CCN([C@@H](C)c3cccnc3)C2)C1=O. The molecule has 2 aliphatic heterocycles. The molecule has 1 aromatic heterocycles. The Bertz CT molecular complexity index is 589.